The molecule has 1 N–H and O–H groups in total. The molecule has 0 bridgehead atoms. The van der Waals surface area contributed by atoms with Gasteiger partial charge in [-0.3, -0.25) is 14.2 Å². The summed E-state index contributed by atoms with van der Waals surface area (Å²) in [5.41, 5.74) is 1.84. The summed E-state index contributed by atoms with van der Waals surface area (Å²) in [5, 5.41) is 10.9. The van der Waals surface area contributed by atoms with Gasteiger partial charge in [-0.15, -0.1) is 10.2 Å². The summed E-state index contributed by atoms with van der Waals surface area (Å²) in [7, 11) is 4.25. The first-order chi connectivity index (χ1) is 18.9. The van der Waals surface area contributed by atoms with Crippen LogP contribution >= 0.6 is 11.6 Å². The lowest BCUT2D eigenvalue weighted by atomic mass is 9.99. The maximum absolute atomic E-state index is 13.4. The van der Waals surface area contributed by atoms with Crippen molar-refractivity contribution in [2.24, 2.45) is 0 Å². The van der Waals surface area contributed by atoms with Gasteiger partial charge in [0.2, 0.25) is 18.2 Å². The van der Waals surface area contributed by atoms with E-state index in [9.17, 15) is 14.4 Å². The van der Waals surface area contributed by atoms with Crippen LogP contribution < -0.4 is 15.6 Å². The Kier molecular flexibility index (Phi) is 8.74. The second-order valence-electron chi connectivity index (χ2n) is 8.29. The predicted molar refractivity (Wildman–Crippen MR) is 143 cm³/mol. The molecule has 0 aliphatic heterocycles. The van der Waals surface area contributed by atoms with Gasteiger partial charge in [0.05, 0.1) is 26.0 Å². The minimum absolute atomic E-state index is 0.204. The van der Waals surface area contributed by atoms with Crippen molar-refractivity contribution in [2.75, 3.05) is 33.3 Å². The van der Waals surface area contributed by atoms with Crippen molar-refractivity contribution >= 4 is 29.2 Å². The van der Waals surface area contributed by atoms with Gasteiger partial charge in [0.15, 0.2) is 0 Å². The van der Waals surface area contributed by atoms with Crippen LogP contribution in [-0.4, -0.2) is 54.6 Å². The third kappa shape index (κ3) is 6.16. The van der Waals surface area contributed by atoms with Crippen LogP contribution in [0.25, 0.3) is 22.6 Å². The molecule has 11 nitrogen and oxygen atoms in total. The molecule has 0 fully saturated rings. The Balaban J connectivity index is 1.72. The average molecular weight is 553 g/mol. The molecule has 2 aromatic heterocycles. The Hall–Kier alpha value is -4.48. The number of aromatic nitrogens is 3. The van der Waals surface area contributed by atoms with E-state index >= 15 is 0 Å². The maximum atomic E-state index is 13.4. The van der Waals surface area contributed by atoms with Crippen LogP contribution in [0.2, 0.25) is 5.02 Å². The Morgan fingerprint density at radius 2 is 1.82 bits per heavy atom. The largest absolute Gasteiger partial charge is 0.495 e. The maximum Gasteiger partial charge on any atom is 0.337 e. The first-order valence-corrected chi connectivity index (χ1v) is 12.1. The van der Waals surface area contributed by atoms with Crippen LogP contribution in [0.3, 0.4) is 0 Å². The number of ether oxygens (including phenoxy) is 3. The van der Waals surface area contributed by atoms with Gasteiger partial charge in [0.1, 0.15) is 11.8 Å². The molecule has 0 saturated heterocycles. The number of hydrogen-bond acceptors (Lipinski definition) is 9. The molecule has 4 rings (SSSR count). The fourth-order valence-corrected chi connectivity index (χ4v) is 4.19. The van der Waals surface area contributed by atoms with Crippen LogP contribution in [0, 0.1) is 0 Å². The lowest BCUT2D eigenvalue weighted by Gasteiger charge is -2.21. The second-order valence-corrected chi connectivity index (χ2v) is 8.73. The number of carbonyl (C=O) groups excluding carboxylic acids is 2. The number of nitrogens with zero attached hydrogens (tertiary/aromatic N) is 3. The zero-order valence-electron chi connectivity index (χ0n) is 21.3. The molecule has 1 amide bonds. The number of rotatable bonds is 10. The molecule has 202 valence electrons. The highest BCUT2D eigenvalue weighted by Gasteiger charge is 2.25. The number of benzene rings is 2. The molecule has 2 heterocycles. The molecule has 0 radical (unpaired) electrons. The number of pyridine rings is 1. The Labute approximate surface area is 228 Å². The summed E-state index contributed by atoms with van der Waals surface area (Å²) in [6.07, 6.45) is 2.87. The van der Waals surface area contributed by atoms with Crippen molar-refractivity contribution in [1.82, 2.24) is 14.8 Å². The Morgan fingerprint density at radius 1 is 1.05 bits per heavy atom. The molecule has 0 saturated carbocycles. The molecule has 0 spiro atoms. The van der Waals surface area contributed by atoms with E-state index in [-0.39, 0.29) is 18.9 Å². The first kappa shape index (κ1) is 27.6. The lowest BCUT2D eigenvalue weighted by molar-refractivity contribution is -0.119. The standard InChI is InChI=1S/C27H25ClN4O7/c1-36-11-10-22(25(34)30-18-7-4-16(5-8-18)27(35)38-3)32-14-23(37-2)21(13-24(32)33)20-12-17(28)6-9-19(20)26-31-29-15-39-26/h4-9,12-15,22H,10-11H2,1-3H3,(H,30,34). The topological polar surface area (TPSA) is 135 Å². The third-order valence-electron chi connectivity index (χ3n) is 5.93. The number of carbonyl (C=O) groups is 2. The van der Waals surface area contributed by atoms with Gasteiger partial charge in [-0.2, -0.15) is 0 Å². The zero-order chi connectivity index (χ0) is 27.9. The number of hydrogen-bond donors (Lipinski definition) is 1. The van der Waals surface area contributed by atoms with Crippen molar-refractivity contribution < 1.29 is 28.2 Å². The summed E-state index contributed by atoms with van der Waals surface area (Å²) in [6, 6.07) is 11.7. The lowest BCUT2D eigenvalue weighted by Crippen LogP contribution is -2.34. The van der Waals surface area contributed by atoms with Crippen LogP contribution in [0.1, 0.15) is 22.8 Å². The summed E-state index contributed by atoms with van der Waals surface area (Å²) in [6.45, 7) is 0.214. The van der Waals surface area contributed by atoms with Crippen LogP contribution in [0.5, 0.6) is 5.75 Å². The van der Waals surface area contributed by atoms with E-state index in [4.69, 9.17) is 30.2 Å². The normalized spacial score (nSPS) is 11.6. The number of methoxy groups -OCH3 is 3. The van der Waals surface area contributed by atoms with Gasteiger partial charge in [0.25, 0.3) is 5.56 Å². The summed E-state index contributed by atoms with van der Waals surface area (Å²) >= 11 is 6.27. The average Bonchev–Trinajstić information content (AvgIpc) is 3.48. The van der Waals surface area contributed by atoms with Gasteiger partial charge in [-0.25, -0.2) is 4.79 Å². The summed E-state index contributed by atoms with van der Waals surface area (Å²) in [5.74, 6) is -0.394. The van der Waals surface area contributed by atoms with E-state index in [1.165, 1.54) is 56.7 Å². The molecule has 1 atom stereocenters. The molecule has 4 aromatic rings. The van der Waals surface area contributed by atoms with E-state index < -0.39 is 23.5 Å². The van der Waals surface area contributed by atoms with Crippen molar-refractivity contribution in [3.8, 4) is 28.3 Å². The number of esters is 1. The Morgan fingerprint density at radius 3 is 2.46 bits per heavy atom. The number of amides is 1. The Bertz CT molecular complexity index is 1520. The van der Waals surface area contributed by atoms with Crippen LogP contribution in [0.4, 0.5) is 5.69 Å². The highest BCUT2D eigenvalue weighted by atomic mass is 35.5. The van der Waals surface area contributed by atoms with Gasteiger partial charge >= 0.3 is 5.97 Å². The molecule has 39 heavy (non-hydrogen) atoms. The van der Waals surface area contributed by atoms with E-state index in [1.54, 1.807) is 30.3 Å². The minimum atomic E-state index is -0.935. The van der Waals surface area contributed by atoms with Crippen molar-refractivity contribution in [3.63, 3.8) is 0 Å². The fraction of sp³-hybridized carbons (Fsp3) is 0.222. The van der Waals surface area contributed by atoms with Gasteiger partial charge in [0, 0.05) is 48.0 Å². The molecule has 1 unspecified atom stereocenters. The quantitative estimate of drug-likeness (QED) is 0.287. The second kappa shape index (κ2) is 12.4. The fourth-order valence-electron chi connectivity index (χ4n) is 4.02. The van der Waals surface area contributed by atoms with E-state index in [1.807, 2.05) is 0 Å². The summed E-state index contributed by atoms with van der Waals surface area (Å²) < 4.78 is 22.2. The van der Waals surface area contributed by atoms with Crippen molar-refractivity contribution in [2.45, 2.75) is 12.5 Å². The van der Waals surface area contributed by atoms with Crippen molar-refractivity contribution in [1.29, 1.82) is 0 Å². The van der Waals surface area contributed by atoms with E-state index in [0.29, 0.717) is 38.7 Å². The van der Waals surface area contributed by atoms with Crippen LogP contribution in [0.15, 0.2) is 70.3 Å². The third-order valence-corrected chi connectivity index (χ3v) is 6.17. The number of halogens is 1. The first-order valence-electron chi connectivity index (χ1n) is 11.7. The number of nitrogens with one attached hydrogen (secondary N) is 1. The monoisotopic (exact) mass is 552 g/mol. The molecular weight excluding hydrogens is 528 g/mol. The highest BCUT2D eigenvalue weighted by molar-refractivity contribution is 6.31. The molecule has 0 aliphatic rings. The molecule has 0 aliphatic carbocycles. The highest BCUT2D eigenvalue weighted by Crippen LogP contribution is 2.38. The van der Waals surface area contributed by atoms with E-state index in [0.717, 1.165) is 0 Å². The van der Waals surface area contributed by atoms with Crippen molar-refractivity contribution in [3.05, 3.63) is 82.1 Å². The van der Waals surface area contributed by atoms with Crippen LogP contribution in [-0.2, 0) is 14.3 Å². The number of anilines is 1. The molecule has 12 heteroatoms. The SMILES string of the molecule is COCCC(C(=O)Nc1ccc(C(=O)OC)cc1)n1cc(OC)c(-c2cc(Cl)ccc2-c2nnco2)cc1=O. The zero-order valence-corrected chi connectivity index (χ0v) is 22.1. The molecular formula is C27H25ClN4O7. The predicted octanol–water partition coefficient (Wildman–Crippen LogP) is 4.23. The minimum Gasteiger partial charge on any atom is -0.495 e. The van der Waals surface area contributed by atoms with Gasteiger partial charge < -0.3 is 23.9 Å². The smallest absolute Gasteiger partial charge is 0.337 e. The summed E-state index contributed by atoms with van der Waals surface area (Å²) in [4.78, 5) is 38.5. The van der Waals surface area contributed by atoms with Gasteiger partial charge in [-0.1, -0.05) is 11.6 Å². The van der Waals surface area contributed by atoms with Gasteiger partial charge in [-0.05, 0) is 48.0 Å². The van der Waals surface area contributed by atoms with E-state index in [2.05, 4.69) is 15.5 Å². The molecule has 2 aromatic carbocycles.